The number of hydrogen-bond acceptors (Lipinski definition) is 5. The molecule has 3 heterocycles. The monoisotopic (exact) mass is 328 g/mol. The minimum absolute atomic E-state index is 0.00336. The largest absolute Gasteiger partial charge is 0.376 e. The van der Waals surface area contributed by atoms with Crippen LogP contribution in [0, 0.1) is 6.92 Å². The summed E-state index contributed by atoms with van der Waals surface area (Å²) < 4.78 is 5.46. The smallest absolute Gasteiger partial charge is 0.255 e. The van der Waals surface area contributed by atoms with Gasteiger partial charge in [0, 0.05) is 30.6 Å². The van der Waals surface area contributed by atoms with Crippen LogP contribution in [0.15, 0.2) is 29.2 Å². The molecule has 2 aromatic heterocycles. The number of nitrogens with zero attached hydrogens (tertiary/aromatic N) is 2. The molecule has 1 saturated heterocycles. The number of ether oxygens (including phenoxy) is 1. The first-order valence-electron chi connectivity index (χ1n) is 8.03. The van der Waals surface area contributed by atoms with Crippen molar-refractivity contribution in [1.29, 1.82) is 0 Å². The lowest BCUT2D eigenvalue weighted by atomic mass is 10.1. The first-order valence-corrected chi connectivity index (χ1v) is 8.03. The van der Waals surface area contributed by atoms with Crippen LogP contribution in [0.4, 0.5) is 0 Å². The molecule has 1 aliphatic rings. The molecule has 3 rings (SSSR count). The molecule has 0 aromatic carbocycles. The summed E-state index contributed by atoms with van der Waals surface area (Å²) in [5.41, 5.74) is 1.19. The van der Waals surface area contributed by atoms with Gasteiger partial charge in [-0.15, -0.1) is 0 Å². The van der Waals surface area contributed by atoms with Crippen LogP contribution in [0.25, 0.3) is 11.5 Å². The highest BCUT2D eigenvalue weighted by atomic mass is 16.5. The number of amides is 1. The van der Waals surface area contributed by atoms with E-state index in [1.165, 1.54) is 0 Å². The van der Waals surface area contributed by atoms with Gasteiger partial charge in [0.1, 0.15) is 5.69 Å². The van der Waals surface area contributed by atoms with Crippen LogP contribution in [0.2, 0.25) is 0 Å². The molecule has 7 nitrogen and oxygen atoms in total. The molecule has 126 valence electrons. The molecule has 0 spiro atoms. The van der Waals surface area contributed by atoms with E-state index in [2.05, 4.69) is 20.3 Å². The van der Waals surface area contributed by atoms with Crippen LogP contribution in [0.3, 0.4) is 0 Å². The summed E-state index contributed by atoms with van der Waals surface area (Å²) in [6, 6.07) is 5.39. The van der Waals surface area contributed by atoms with Crippen LogP contribution >= 0.6 is 0 Å². The highest BCUT2D eigenvalue weighted by Gasteiger charge is 2.18. The molecule has 1 atom stereocenters. The van der Waals surface area contributed by atoms with Crippen molar-refractivity contribution in [3.8, 4) is 11.5 Å². The van der Waals surface area contributed by atoms with Crippen LogP contribution in [-0.2, 0) is 16.0 Å². The van der Waals surface area contributed by atoms with Crippen molar-refractivity contribution in [2.24, 2.45) is 0 Å². The Hall–Kier alpha value is -2.54. The second-order valence-electron chi connectivity index (χ2n) is 5.81. The number of aromatic nitrogens is 3. The second kappa shape index (κ2) is 7.35. The lowest BCUT2D eigenvalue weighted by Crippen LogP contribution is -2.34. The molecule has 0 aliphatic carbocycles. The Morgan fingerprint density at radius 3 is 3.00 bits per heavy atom. The number of nitrogens with one attached hydrogen (secondary N) is 2. The maximum Gasteiger partial charge on any atom is 0.255 e. The molecule has 1 amide bonds. The van der Waals surface area contributed by atoms with Gasteiger partial charge in [-0.2, -0.15) is 0 Å². The number of hydrogen-bond donors (Lipinski definition) is 2. The van der Waals surface area contributed by atoms with Crippen molar-refractivity contribution in [2.75, 3.05) is 13.2 Å². The minimum atomic E-state index is -0.310. The quantitative estimate of drug-likeness (QED) is 0.853. The topological polar surface area (TPSA) is 97.0 Å². The molecule has 0 unspecified atom stereocenters. The van der Waals surface area contributed by atoms with Crippen LogP contribution in [0.1, 0.15) is 24.1 Å². The SMILES string of the molecule is Cc1nc(-c2ccccn2)[nH]c(=O)c1CC(=O)NC[C@H]1CCCO1. The van der Waals surface area contributed by atoms with Gasteiger partial charge >= 0.3 is 0 Å². The highest BCUT2D eigenvalue weighted by Crippen LogP contribution is 2.12. The van der Waals surface area contributed by atoms with Gasteiger partial charge < -0.3 is 15.0 Å². The van der Waals surface area contributed by atoms with Gasteiger partial charge in [-0.1, -0.05) is 6.07 Å². The molecule has 1 aliphatic heterocycles. The number of carbonyl (C=O) groups excluding carboxylic acids is 1. The zero-order chi connectivity index (χ0) is 16.9. The zero-order valence-electron chi connectivity index (χ0n) is 13.5. The summed E-state index contributed by atoms with van der Waals surface area (Å²) in [4.78, 5) is 35.6. The average molecular weight is 328 g/mol. The van der Waals surface area contributed by atoms with Crippen LogP contribution < -0.4 is 10.9 Å². The predicted octanol–water partition coefficient (Wildman–Crippen LogP) is 0.978. The van der Waals surface area contributed by atoms with E-state index < -0.39 is 0 Å². The second-order valence-corrected chi connectivity index (χ2v) is 5.81. The van der Waals surface area contributed by atoms with Crippen molar-refractivity contribution >= 4 is 5.91 Å². The van der Waals surface area contributed by atoms with E-state index in [1.54, 1.807) is 25.3 Å². The third-order valence-corrected chi connectivity index (χ3v) is 4.02. The highest BCUT2D eigenvalue weighted by molar-refractivity contribution is 5.78. The summed E-state index contributed by atoms with van der Waals surface area (Å²) in [6.45, 7) is 2.96. The van der Waals surface area contributed by atoms with Crippen molar-refractivity contribution in [3.63, 3.8) is 0 Å². The van der Waals surface area contributed by atoms with E-state index in [0.717, 1.165) is 19.4 Å². The van der Waals surface area contributed by atoms with Gasteiger partial charge in [0.2, 0.25) is 5.91 Å². The third kappa shape index (κ3) is 3.86. The molecule has 1 fully saturated rings. The fourth-order valence-electron chi connectivity index (χ4n) is 2.70. The van der Waals surface area contributed by atoms with E-state index in [-0.39, 0.29) is 24.0 Å². The molecule has 0 saturated carbocycles. The van der Waals surface area contributed by atoms with Crippen molar-refractivity contribution in [1.82, 2.24) is 20.3 Å². The zero-order valence-corrected chi connectivity index (χ0v) is 13.5. The fourth-order valence-corrected chi connectivity index (χ4v) is 2.70. The van der Waals surface area contributed by atoms with Gasteiger partial charge in [-0.25, -0.2) is 4.98 Å². The Kier molecular flexibility index (Phi) is 5.00. The Balaban J connectivity index is 1.69. The fraction of sp³-hybridized carbons (Fsp3) is 0.412. The van der Waals surface area contributed by atoms with E-state index in [1.807, 2.05) is 6.07 Å². The standard InChI is InChI=1S/C17H20N4O3/c1-11-13(9-15(22)19-10-12-5-4-8-24-12)17(23)21-16(20-11)14-6-2-3-7-18-14/h2-3,6-7,12H,4-5,8-10H2,1H3,(H,19,22)(H,20,21,23)/t12-/m1/s1. The minimum Gasteiger partial charge on any atom is -0.376 e. The summed E-state index contributed by atoms with van der Waals surface area (Å²) in [7, 11) is 0. The van der Waals surface area contributed by atoms with Crippen LogP contribution in [0.5, 0.6) is 0 Å². The summed E-state index contributed by atoms with van der Waals surface area (Å²) in [5, 5.41) is 2.82. The van der Waals surface area contributed by atoms with E-state index in [4.69, 9.17) is 4.74 Å². The number of rotatable bonds is 5. The lowest BCUT2D eigenvalue weighted by Gasteiger charge is -2.11. The lowest BCUT2D eigenvalue weighted by molar-refractivity contribution is -0.121. The van der Waals surface area contributed by atoms with Gasteiger partial charge in [-0.3, -0.25) is 14.6 Å². The average Bonchev–Trinajstić information content (AvgIpc) is 3.10. The molecular formula is C17H20N4O3. The first-order chi connectivity index (χ1) is 11.6. The molecule has 24 heavy (non-hydrogen) atoms. The molecule has 0 bridgehead atoms. The molecule has 7 heteroatoms. The maximum absolute atomic E-state index is 12.3. The summed E-state index contributed by atoms with van der Waals surface area (Å²) in [6.07, 6.45) is 3.71. The maximum atomic E-state index is 12.3. The number of aromatic amines is 1. The van der Waals surface area contributed by atoms with E-state index >= 15 is 0 Å². The third-order valence-electron chi connectivity index (χ3n) is 4.02. The Morgan fingerprint density at radius 1 is 1.46 bits per heavy atom. The van der Waals surface area contributed by atoms with E-state index in [9.17, 15) is 9.59 Å². The normalized spacial score (nSPS) is 17.0. The molecule has 2 N–H and O–H groups in total. The van der Waals surface area contributed by atoms with Crippen molar-refractivity contribution < 1.29 is 9.53 Å². The van der Waals surface area contributed by atoms with Gasteiger partial charge in [0.25, 0.3) is 5.56 Å². The predicted molar refractivity (Wildman–Crippen MR) is 88.5 cm³/mol. The summed E-state index contributed by atoms with van der Waals surface area (Å²) >= 11 is 0. The summed E-state index contributed by atoms with van der Waals surface area (Å²) in [5.74, 6) is 0.202. The molecule has 0 radical (unpaired) electrons. The number of H-pyrrole nitrogens is 1. The Labute approximate surface area is 139 Å². The Bertz CT molecular complexity index is 767. The van der Waals surface area contributed by atoms with Crippen LogP contribution in [-0.4, -0.2) is 40.1 Å². The van der Waals surface area contributed by atoms with Crippen molar-refractivity contribution in [3.05, 3.63) is 46.0 Å². The van der Waals surface area contributed by atoms with E-state index in [0.29, 0.717) is 29.3 Å². The molecular weight excluding hydrogens is 308 g/mol. The van der Waals surface area contributed by atoms with Gasteiger partial charge in [0.05, 0.1) is 12.5 Å². The Morgan fingerprint density at radius 2 is 2.33 bits per heavy atom. The number of carbonyl (C=O) groups is 1. The first kappa shape index (κ1) is 16.3. The number of aryl methyl sites for hydroxylation is 1. The number of pyridine rings is 1. The molecule has 2 aromatic rings. The van der Waals surface area contributed by atoms with Crippen molar-refractivity contribution in [2.45, 2.75) is 32.3 Å². The van der Waals surface area contributed by atoms with Gasteiger partial charge in [0.15, 0.2) is 5.82 Å². The van der Waals surface area contributed by atoms with Gasteiger partial charge in [-0.05, 0) is 31.9 Å².